The predicted molar refractivity (Wildman–Crippen MR) is 63.0 cm³/mol. The molecule has 5 nitrogen and oxygen atoms in total. The van der Waals surface area contributed by atoms with Crippen LogP contribution < -0.4 is 4.74 Å². The molecule has 0 bridgehead atoms. The first kappa shape index (κ1) is 13.8. The molecule has 1 heterocycles. The van der Waals surface area contributed by atoms with E-state index in [1.807, 2.05) is 0 Å². The van der Waals surface area contributed by atoms with Gasteiger partial charge in [0.25, 0.3) is 5.69 Å². The minimum absolute atomic E-state index is 0.0513. The molecule has 8 heteroatoms. The number of ether oxygens (including phenoxy) is 1. The van der Waals surface area contributed by atoms with E-state index in [1.165, 1.54) is 24.5 Å². The number of alkyl halides is 3. The van der Waals surface area contributed by atoms with Crippen molar-refractivity contribution in [3.8, 4) is 16.9 Å². The Labute approximate surface area is 110 Å². The highest BCUT2D eigenvalue weighted by atomic mass is 19.4. The summed E-state index contributed by atoms with van der Waals surface area (Å²) in [6, 6.07) is 5.85. The largest absolute Gasteiger partial charge is 0.573 e. The summed E-state index contributed by atoms with van der Waals surface area (Å²) < 4.78 is 40.8. The summed E-state index contributed by atoms with van der Waals surface area (Å²) in [7, 11) is 0. The number of pyridine rings is 1. The van der Waals surface area contributed by atoms with Crippen molar-refractivity contribution >= 4 is 5.69 Å². The van der Waals surface area contributed by atoms with Gasteiger partial charge in [0, 0.05) is 35.7 Å². The van der Waals surface area contributed by atoms with Gasteiger partial charge in [0.1, 0.15) is 5.75 Å². The number of halogens is 3. The van der Waals surface area contributed by atoms with E-state index in [4.69, 9.17) is 0 Å². The highest BCUT2D eigenvalue weighted by molar-refractivity contribution is 5.72. The van der Waals surface area contributed by atoms with Crippen molar-refractivity contribution in [1.29, 1.82) is 0 Å². The maximum absolute atomic E-state index is 12.3. The summed E-state index contributed by atoms with van der Waals surface area (Å²) in [5.74, 6) is -0.517. The second kappa shape index (κ2) is 5.16. The summed E-state index contributed by atoms with van der Waals surface area (Å²) >= 11 is 0. The first-order valence-corrected chi connectivity index (χ1v) is 5.31. The Balaban J connectivity index is 2.54. The van der Waals surface area contributed by atoms with Crippen LogP contribution in [-0.4, -0.2) is 16.3 Å². The fourth-order valence-electron chi connectivity index (χ4n) is 1.59. The zero-order valence-corrected chi connectivity index (χ0v) is 9.79. The van der Waals surface area contributed by atoms with Crippen LogP contribution in [0.5, 0.6) is 5.75 Å². The molecule has 0 N–H and O–H groups in total. The topological polar surface area (TPSA) is 65.3 Å². The Morgan fingerprint density at radius 2 is 2.00 bits per heavy atom. The summed E-state index contributed by atoms with van der Waals surface area (Å²) in [4.78, 5) is 13.8. The number of hydrogen-bond donors (Lipinski definition) is 0. The quantitative estimate of drug-likeness (QED) is 0.638. The number of non-ortho nitro benzene ring substituents is 1. The fourth-order valence-corrected chi connectivity index (χ4v) is 1.59. The Bertz CT molecular complexity index is 630. The monoisotopic (exact) mass is 284 g/mol. The Morgan fingerprint density at radius 1 is 1.25 bits per heavy atom. The molecule has 0 aliphatic rings. The molecule has 0 radical (unpaired) electrons. The van der Waals surface area contributed by atoms with Gasteiger partial charge in [-0.3, -0.25) is 15.1 Å². The highest BCUT2D eigenvalue weighted by Crippen LogP contribution is 2.36. The lowest BCUT2D eigenvalue weighted by atomic mass is 10.1. The molecular weight excluding hydrogens is 277 g/mol. The molecule has 0 fully saturated rings. The molecule has 0 saturated heterocycles. The number of rotatable bonds is 3. The van der Waals surface area contributed by atoms with Crippen LogP contribution in [0.1, 0.15) is 0 Å². The van der Waals surface area contributed by atoms with E-state index in [1.54, 1.807) is 0 Å². The lowest BCUT2D eigenvalue weighted by Crippen LogP contribution is -2.17. The van der Waals surface area contributed by atoms with Gasteiger partial charge in [-0.25, -0.2) is 0 Å². The van der Waals surface area contributed by atoms with E-state index in [0.717, 1.165) is 18.2 Å². The van der Waals surface area contributed by atoms with Crippen molar-refractivity contribution in [3.63, 3.8) is 0 Å². The average molecular weight is 284 g/mol. The third-order valence-corrected chi connectivity index (χ3v) is 2.37. The van der Waals surface area contributed by atoms with Crippen molar-refractivity contribution in [2.24, 2.45) is 0 Å². The number of aromatic nitrogens is 1. The number of nitrogens with zero attached hydrogens (tertiary/aromatic N) is 2. The van der Waals surface area contributed by atoms with Gasteiger partial charge in [-0.15, -0.1) is 13.2 Å². The third kappa shape index (κ3) is 3.22. The maximum Gasteiger partial charge on any atom is 0.573 e. The Morgan fingerprint density at radius 3 is 2.55 bits per heavy atom. The van der Waals surface area contributed by atoms with Gasteiger partial charge in [0.05, 0.1) is 4.92 Å². The van der Waals surface area contributed by atoms with Crippen LogP contribution in [0.2, 0.25) is 0 Å². The Hall–Kier alpha value is -2.64. The van der Waals surface area contributed by atoms with Crippen molar-refractivity contribution < 1.29 is 22.8 Å². The molecule has 1 aromatic heterocycles. The molecule has 0 spiro atoms. The van der Waals surface area contributed by atoms with Gasteiger partial charge in [-0.1, -0.05) is 6.07 Å². The lowest BCUT2D eigenvalue weighted by Gasteiger charge is -2.13. The molecule has 20 heavy (non-hydrogen) atoms. The number of benzene rings is 1. The molecule has 0 atom stereocenters. The van der Waals surface area contributed by atoms with Crippen molar-refractivity contribution in [2.75, 3.05) is 0 Å². The third-order valence-electron chi connectivity index (χ3n) is 2.37. The zero-order chi connectivity index (χ0) is 14.8. The van der Waals surface area contributed by atoms with Gasteiger partial charge < -0.3 is 4.74 Å². The van der Waals surface area contributed by atoms with Crippen LogP contribution in [0.3, 0.4) is 0 Å². The van der Waals surface area contributed by atoms with E-state index in [0.29, 0.717) is 0 Å². The van der Waals surface area contributed by atoms with Gasteiger partial charge >= 0.3 is 6.36 Å². The van der Waals surface area contributed by atoms with Gasteiger partial charge in [0.2, 0.25) is 0 Å². The fraction of sp³-hybridized carbons (Fsp3) is 0.0833. The predicted octanol–water partition coefficient (Wildman–Crippen LogP) is 3.56. The van der Waals surface area contributed by atoms with Crippen LogP contribution in [0, 0.1) is 10.1 Å². The summed E-state index contributed by atoms with van der Waals surface area (Å²) in [5, 5.41) is 10.7. The first-order chi connectivity index (χ1) is 9.37. The van der Waals surface area contributed by atoms with Crippen molar-refractivity contribution in [3.05, 3.63) is 52.8 Å². The van der Waals surface area contributed by atoms with Crippen molar-refractivity contribution in [1.82, 2.24) is 4.98 Å². The summed E-state index contributed by atoms with van der Waals surface area (Å²) in [6.07, 6.45) is -2.15. The second-order valence-electron chi connectivity index (χ2n) is 3.73. The summed E-state index contributed by atoms with van der Waals surface area (Å²) in [6.45, 7) is 0. The molecule has 0 aliphatic heterocycles. The molecule has 2 rings (SSSR count). The number of nitro benzene ring substituents is 1. The molecule has 2 aromatic rings. The van der Waals surface area contributed by atoms with Crippen LogP contribution >= 0.6 is 0 Å². The van der Waals surface area contributed by atoms with Crippen LogP contribution in [0.25, 0.3) is 11.1 Å². The standard InChI is InChI=1S/C12H7F3N2O3/c13-12(14,15)20-11-4-3-9(17(18)19)6-10(11)8-2-1-5-16-7-8/h1-7H. The number of hydrogen-bond acceptors (Lipinski definition) is 4. The zero-order valence-electron chi connectivity index (χ0n) is 9.79. The molecule has 0 aliphatic carbocycles. The van der Waals surface area contributed by atoms with Gasteiger partial charge in [-0.2, -0.15) is 0 Å². The van der Waals surface area contributed by atoms with Gasteiger partial charge in [0.15, 0.2) is 0 Å². The highest BCUT2D eigenvalue weighted by Gasteiger charge is 2.32. The smallest absolute Gasteiger partial charge is 0.405 e. The maximum atomic E-state index is 12.3. The van der Waals surface area contributed by atoms with Crippen molar-refractivity contribution in [2.45, 2.75) is 6.36 Å². The molecule has 1 aromatic carbocycles. The van der Waals surface area contributed by atoms with Crippen LogP contribution in [0.15, 0.2) is 42.7 Å². The normalized spacial score (nSPS) is 11.2. The summed E-state index contributed by atoms with van der Waals surface area (Å²) in [5.41, 5.74) is -0.0987. The molecular formula is C12H7F3N2O3. The van der Waals surface area contributed by atoms with E-state index in [2.05, 4.69) is 9.72 Å². The molecule has 0 unspecified atom stereocenters. The minimum atomic E-state index is -4.88. The molecule has 0 amide bonds. The van der Waals surface area contributed by atoms with E-state index >= 15 is 0 Å². The van der Waals surface area contributed by atoms with Crippen LogP contribution in [-0.2, 0) is 0 Å². The average Bonchev–Trinajstić information content (AvgIpc) is 2.38. The number of nitro groups is 1. The van der Waals surface area contributed by atoms with E-state index in [9.17, 15) is 23.3 Å². The van der Waals surface area contributed by atoms with E-state index in [-0.39, 0.29) is 16.8 Å². The SMILES string of the molecule is O=[N+]([O-])c1ccc(OC(F)(F)F)c(-c2cccnc2)c1. The second-order valence-corrected chi connectivity index (χ2v) is 3.73. The molecule has 104 valence electrons. The lowest BCUT2D eigenvalue weighted by molar-refractivity contribution is -0.384. The van der Waals surface area contributed by atoms with E-state index < -0.39 is 17.0 Å². The van der Waals surface area contributed by atoms with Crippen LogP contribution in [0.4, 0.5) is 18.9 Å². The Kier molecular flexibility index (Phi) is 3.55. The minimum Gasteiger partial charge on any atom is -0.405 e. The first-order valence-electron chi connectivity index (χ1n) is 5.31. The molecule has 0 saturated carbocycles. The van der Waals surface area contributed by atoms with Gasteiger partial charge in [-0.05, 0) is 12.1 Å².